The number of rotatable bonds is 7. The maximum Gasteiger partial charge on any atom is 0.174 e. The van der Waals surface area contributed by atoms with Crippen LogP contribution in [0.1, 0.15) is 31.4 Å². The van der Waals surface area contributed by atoms with Gasteiger partial charge in [0.25, 0.3) is 0 Å². The maximum absolute atomic E-state index is 8.41. The first-order valence-corrected chi connectivity index (χ1v) is 6.04. The van der Waals surface area contributed by atoms with E-state index in [1.807, 2.05) is 30.3 Å². The van der Waals surface area contributed by atoms with Gasteiger partial charge in [-0.15, -0.1) is 12.3 Å². The molecule has 1 N–H and O–H groups in total. The molecule has 1 aromatic rings. The van der Waals surface area contributed by atoms with Gasteiger partial charge in [0.2, 0.25) is 0 Å². The van der Waals surface area contributed by atoms with Gasteiger partial charge >= 0.3 is 0 Å². The Morgan fingerprint density at radius 1 is 1.39 bits per heavy atom. The highest BCUT2D eigenvalue weighted by molar-refractivity contribution is 5.29. The van der Waals surface area contributed by atoms with E-state index in [1.54, 1.807) is 0 Å². The van der Waals surface area contributed by atoms with Crippen LogP contribution in [0.5, 0.6) is 5.75 Å². The Hall–Kier alpha value is -1.97. The smallest absolute Gasteiger partial charge is 0.174 e. The summed E-state index contributed by atoms with van der Waals surface area (Å²) in [5.41, 5.74) is 1.19. The molecule has 0 aromatic heterocycles. The van der Waals surface area contributed by atoms with Crippen molar-refractivity contribution < 1.29 is 4.74 Å². The van der Waals surface area contributed by atoms with Gasteiger partial charge in [0.05, 0.1) is 0 Å². The van der Waals surface area contributed by atoms with Gasteiger partial charge in [-0.2, -0.15) is 5.26 Å². The molecule has 0 aliphatic heterocycles. The number of nitrogens with zero attached hydrogens (tertiary/aromatic N) is 1. The highest BCUT2D eigenvalue weighted by Gasteiger charge is 2.04. The van der Waals surface area contributed by atoms with E-state index in [-0.39, 0.29) is 12.6 Å². The summed E-state index contributed by atoms with van der Waals surface area (Å²) in [6.07, 6.45) is 7.00. The van der Waals surface area contributed by atoms with Crippen molar-refractivity contribution in [1.82, 2.24) is 5.32 Å². The van der Waals surface area contributed by atoms with E-state index in [0.717, 1.165) is 25.1 Å². The third kappa shape index (κ3) is 4.91. The molecule has 94 valence electrons. The number of terminal acetylenes is 1. The Morgan fingerprint density at radius 3 is 2.72 bits per heavy atom. The van der Waals surface area contributed by atoms with Crippen LogP contribution in [0, 0.1) is 23.7 Å². The molecule has 1 aromatic carbocycles. The quantitative estimate of drug-likeness (QED) is 0.590. The van der Waals surface area contributed by atoms with Crippen LogP contribution in [-0.4, -0.2) is 13.2 Å². The van der Waals surface area contributed by atoms with Crippen molar-refractivity contribution in [1.29, 1.82) is 5.26 Å². The van der Waals surface area contributed by atoms with Crippen LogP contribution in [0.3, 0.4) is 0 Å². The normalized spacial score (nSPS) is 11.3. The van der Waals surface area contributed by atoms with E-state index >= 15 is 0 Å². The summed E-state index contributed by atoms with van der Waals surface area (Å²) in [5.74, 6) is 3.35. The number of unbranched alkanes of at least 4 members (excludes halogenated alkanes) is 1. The molecular weight excluding hydrogens is 224 g/mol. The van der Waals surface area contributed by atoms with E-state index in [0.29, 0.717) is 0 Å². The van der Waals surface area contributed by atoms with Crippen molar-refractivity contribution in [2.45, 2.75) is 25.8 Å². The van der Waals surface area contributed by atoms with Gasteiger partial charge in [-0.25, -0.2) is 0 Å². The second kappa shape index (κ2) is 8.17. The molecule has 0 bridgehead atoms. The summed E-state index contributed by atoms with van der Waals surface area (Å²) < 4.78 is 5.20. The zero-order chi connectivity index (χ0) is 13.2. The lowest BCUT2D eigenvalue weighted by Gasteiger charge is -2.14. The second-order valence-corrected chi connectivity index (χ2v) is 4.00. The molecule has 3 nitrogen and oxygen atoms in total. The highest BCUT2D eigenvalue weighted by atomic mass is 16.5. The van der Waals surface area contributed by atoms with Crippen LogP contribution in [0.2, 0.25) is 0 Å². The van der Waals surface area contributed by atoms with Gasteiger partial charge in [-0.05, 0) is 37.6 Å². The molecule has 18 heavy (non-hydrogen) atoms. The number of benzene rings is 1. The average molecular weight is 242 g/mol. The summed E-state index contributed by atoms with van der Waals surface area (Å²) in [6.45, 7) is 3.11. The van der Waals surface area contributed by atoms with Gasteiger partial charge in [0.15, 0.2) is 6.61 Å². The third-order valence-corrected chi connectivity index (χ3v) is 2.63. The average Bonchev–Trinajstić information content (AvgIpc) is 2.41. The minimum absolute atomic E-state index is 0.0826. The zero-order valence-corrected chi connectivity index (χ0v) is 10.6. The lowest BCUT2D eigenvalue weighted by atomic mass is 10.1. The molecule has 0 heterocycles. The first-order chi connectivity index (χ1) is 8.77. The molecular formula is C15H18N2O. The Kier molecular flexibility index (Phi) is 6.40. The fraction of sp³-hybridized carbons (Fsp3) is 0.400. The van der Waals surface area contributed by atoms with Gasteiger partial charge in [0.1, 0.15) is 11.8 Å². The Labute approximate surface area is 109 Å². The first kappa shape index (κ1) is 14.1. The first-order valence-electron chi connectivity index (χ1n) is 6.04. The number of hydrogen-bond acceptors (Lipinski definition) is 3. The number of ether oxygens (including phenoxy) is 1. The van der Waals surface area contributed by atoms with Crippen LogP contribution < -0.4 is 10.1 Å². The fourth-order valence-electron chi connectivity index (χ4n) is 1.60. The van der Waals surface area contributed by atoms with Crippen molar-refractivity contribution >= 4 is 0 Å². The molecule has 0 radical (unpaired) electrons. The summed E-state index contributed by atoms with van der Waals surface area (Å²) in [4.78, 5) is 0. The zero-order valence-electron chi connectivity index (χ0n) is 10.6. The molecule has 1 unspecified atom stereocenters. The Balaban J connectivity index is 2.41. The molecule has 0 aliphatic carbocycles. The minimum atomic E-state index is 0.0826. The maximum atomic E-state index is 8.41. The van der Waals surface area contributed by atoms with Crippen molar-refractivity contribution in [2.24, 2.45) is 0 Å². The highest BCUT2D eigenvalue weighted by Crippen LogP contribution is 2.17. The van der Waals surface area contributed by atoms with E-state index in [4.69, 9.17) is 16.4 Å². The van der Waals surface area contributed by atoms with E-state index in [1.165, 1.54) is 5.56 Å². The van der Waals surface area contributed by atoms with Crippen LogP contribution in [0.4, 0.5) is 0 Å². The van der Waals surface area contributed by atoms with Crippen LogP contribution >= 0.6 is 0 Å². The summed E-state index contributed by atoms with van der Waals surface area (Å²) in [6, 6.07) is 10.0. The molecule has 1 rings (SSSR count). The third-order valence-electron chi connectivity index (χ3n) is 2.63. The van der Waals surface area contributed by atoms with Gasteiger partial charge in [0, 0.05) is 12.5 Å². The molecule has 0 saturated carbocycles. The van der Waals surface area contributed by atoms with Gasteiger partial charge in [-0.3, -0.25) is 0 Å². The second-order valence-electron chi connectivity index (χ2n) is 4.00. The summed E-state index contributed by atoms with van der Waals surface area (Å²) >= 11 is 0. The Morgan fingerprint density at radius 2 is 2.11 bits per heavy atom. The molecule has 0 amide bonds. The molecule has 1 atom stereocenters. The number of nitrogens with one attached hydrogen (secondary N) is 1. The Bertz CT molecular complexity index is 425. The molecule has 3 heteroatoms. The summed E-state index contributed by atoms with van der Waals surface area (Å²) in [7, 11) is 0. The van der Waals surface area contributed by atoms with Crippen molar-refractivity contribution in [3.8, 4) is 24.2 Å². The van der Waals surface area contributed by atoms with Crippen LogP contribution in [0.15, 0.2) is 24.3 Å². The lowest BCUT2D eigenvalue weighted by Crippen LogP contribution is -2.19. The minimum Gasteiger partial charge on any atom is -0.479 e. The monoisotopic (exact) mass is 242 g/mol. The number of hydrogen-bond donors (Lipinski definition) is 1. The topological polar surface area (TPSA) is 45.0 Å². The predicted molar refractivity (Wildman–Crippen MR) is 72.0 cm³/mol. The molecule has 0 spiro atoms. The SMILES string of the molecule is C#CCCCNC(C)c1ccc(OCC#N)cc1. The molecule has 0 saturated heterocycles. The number of nitriles is 1. The van der Waals surface area contributed by atoms with Crippen molar-refractivity contribution in [3.05, 3.63) is 29.8 Å². The van der Waals surface area contributed by atoms with E-state index < -0.39 is 0 Å². The van der Waals surface area contributed by atoms with Crippen LogP contribution in [0.25, 0.3) is 0 Å². The molecule has 0 fully saturated rings. The van der Waals surface area contributed by atoms with Gasteiger partial charge < -0.3 is 10.1 Å². The predicted octanol–water partition coefficient (Wildman–Crippen LogP) is 2.65. The van der Waals surface area contributed by atoms with Gasteiger partial charge in [-0.1, -0.05) is 12.1 Å². The van der Waals surface area contributed by atoms with E-state index in [2.05, 4.69) is 18.2 Å². The van der Waals surface area contributed by atoms with Crippen LogP contribution in [-0.2, 0) is 0 Å². The largest absolute Gasteiger partial charge is 0.479 e. The standard InChI is InChI=1S/C15H18N2O/c1-3-4-5-11-17-13(2)14-6-8-15(9-7-14)18-12-10-16/h1,6-9,13,17H,4-5,11-12H2,2H3. The fourth-order valence-corrected chi connectivity index (χ4v) is 1.60. The summed E-state index contributed by atoms with van der Waals surface area (Å²) in [5, 5.41) is 11.8. The van der Waals surface area contributed by atoms with Crippen molar-refractivity contribution in [3.63, 3.8) is 0 Å². The molecule has 0 aliphatic rings. The lowest BCUT2D eigenvalue weighted by molar-refractivity contribution is 0.368. The van der Waals surface area contributed by atoms with Crippen molar-refractivity contribution in [2.75, 3.05) is 13.2 Å². The van der Waals surface area contributed by atoms with E-state index in [9.17, 15) is 0 Å².